The zero-order valence-corrected chi connectivity index (χ0v) is 17.8. The van der Waals surface area contributed by atoms with Gasteiger partial charge < -0.3 is 14.8 Å². The molecule has 0 saturated heterocycles. The number of rotatable bonds is 6. The van der Waals surface area contributed by atoms with Crippen LogP contribution in [0.15, 0.2) is 41.3 Å². The Morgan fingerprint density at radius 2 is 1.81 bits per heavy atom. The number of hydrogen-bond donors (Lipinski definition) is 1. The summed E-state index contributed by atoms with van der Waals surface area (Å²) in [4.78, 5) is 11.8. The highest BCUT2D eigenvalue weighted by atomic mass is 35.5. The van der Waals surface area contributed by atoms with Crippen molar-refractivity contribution in [2.75, 3.05) is 31.6 Å². The molecule has 2 aromatic rings. The molecule has 0 fully saturated rings. The largest absolute Gasteiger partial charge is 0.486 e. The van der Waals surface area contributed by atoms with Crippen LogP contribution < -0.4 is 14.8 Å². The van der Waals surface area contributed by atoms with Gasteiger partial charge in [-0.3, -0.25) is 4.79 Å². The van der Waals surface area contributed by atoms with E-state index in [-0.39, 0.29) is 6.54 Å². The quantitative estimate of drug-likeness (QED) is 0.683. The molecule has 1 heterocycles. The van der Waals surface area contributed by atoms with Gasteiger partial charge in [0, 0.05) is 18.3 Å². The maximum absolute atomic E-state index is 13.1. The molecule has 0 atom stereocenters. The minimum Gasteiger partial charge on any atom is -0.486 e. The van der Waals surface area contributed by atoms with Gasteiger partial charge in [-0.1, -0.05) is 18.5 Å². The molecule has 1 aliphatic heterocycles. The van der Waals surface area contributed by atoms with Crippen molar-refractivity contribution in [2.24, 2.45) is 0 Å². The predicted octanol–water partition coefficient (Wildman–Crippen LogP) is 3.78. The van der Waals surface area contributed by atoms with Gasteiger partial charge in [0.15, 0.2) is 11.5 Å². The van der Waals surface area contributed by atoms with Gasteiger partial charge >= 0.3 is 6.18 Å². The lowest BCUT2D eigenvalue weighted by molar-refractivity contribution is -0.137. The maximum Gasteiger partial charge on any atom is 0.417 e. The number of carbonyl (C=O) groups excluding carboxylic acids is 1. The average Bonchev–Trinajstić information content (AvgIpc) is 2.71. The van der Waals surface area contributed by atoms with Crippen molar-refractivity contribution in [1.82, 2.24) is 4.31 Å². The molecule has 1 amide bonds. The second-order valence-corrected chi connectivity index (χ2v) is 8.82. The van der Waals surface area contributed by atoms with Gasteiger partial charge in [-0.15, -0.1) is 0 Å². The third-order valence-corrected chi connectivity index (χ3v) is 6.63. The standard InChI is InChI=1S/C19H18ClF3N2O5S/c1-2-25(31(27,28)13-4-5-15(20)14(10-13)19(21,22)23)11-18(26)24-12-3-6-16-17(9-12)30-8-7-29-16/h3-6,9-10H,2,7-8,11H2,1H3,(H,24,26). The fraction of sp³-hybridized carbons (Fsp3) is 0.316. The zero-order valence-electron chi connectivity index (χ0n) is 16.2. The number of likely N-dealkylation sites (N-methyl/N-ethyl adjacent to an activating group) is 1. The number of ether oxygens (including phenoxy) is 2. The fourth-order valence-electron chi connectivity index (χ4n) is 2.88. The number of amides is 1. The number of fused-ring (bicyclic) bond motifs is 1. The zero-order chi connectivity index (χ0) is 22.8. The lowest BCUT2D eigenvalue weighted by atomic mass is 10.2. The minimum absolute atomic E-state index is 0.138. The highest BCUT2D eigenvalue weighted by molar-refractivity contribution is 7.89. The summed E-state index contributed by atoms with van der Waals surface area (Å²) in [6.07, 6.45) is -4.82. The number of alkyl halides is 3. The van der Waals surface area contributed by atoms with Gasteiger partial charge in [-0.25, -0.2) is 8.42 Å². The van der Waals surface area contributed by atoms with Gasteiger partial charge in [0.25, 0.3) is 0 Å². The molecule has 0 aliphatic carbocycles. The first-order valence-corrected chi connectivity index (χ1v) is 10.9. The Bertz CT molecular complexity index is 1090. The summed E-state index contributed by atoms with van der Waals surface area (Å²) in [5.74, 6) is 0.280. The van der Waals surface area contributed by atoms with E-state index in [0.717, 1.165) is 16.4 Å². The third kappa shape index (κ3) is 5.23. The number of hydrogen-bond acceptors (Lipinski definition) is 5. The van der Waals surface area contributed by atoms with Crippen LogP contribution in [0.2, 0.25) is 5.02 Å². The lowest BCUT2D eigenvalue weighted by Gasteiger charge is -2.22. The number of carbonyl (C=O) groups is 1. The Hall–Kier alpha value is -2.50. The first-order chi connectivity index (χ1) is 14.5. The Balaban J connectivity index is 1.78. The van der Waals surface area contributed by atoms with Crippen LogP contribution in [0.4, 0.5) is 18.9 Å². The van der Waals surface area contributed by atoms with Crippen molar-refractivity contribution >= 4 is 33.2 Å². The van der Waals surface area contributed by atoms with E-state index in [0.29, 0.717) is 36.5 Å². The van der Waals surface area contributed by atoms with Crippen LogP contribution in [-0.4, -0.2) is 44.9 Å². The SMILES string of the molecule is CCN(CC(=O)Nc1ccc2c(c1)OCCO2)S(=O)(=O)c1ccc(Cl)c(C(F)(F)F)c1. The smallest absolute Gasteiger partial charge is 0.417 e. The van der Waals surface area contributed by atoms with Gasteiger partial charge in [0.05, 0.1) is 22.0 Å². The predicted molar refractivity (Wildman–Crippen MR) is 107 cm³/mol. The molecule has 0 radical (unpaired) electrons. The van der Waals surface area contributed by atoms with Crippen molar-refractivity contribution in [2.45, 2.75) is 18.0 Å². The fourth-order valence-corrected chi connectivity index (χ4v) is 4.54. The number of halogens is 4. The molecule has 3 rings (SSSR count). The Labute approximate surface area is 181 Å². The molecule has 0 aromatic heterocycles. The lowest BCUT2D eigenvalue weighted by Crippen LogP contribution is -2.38. The number of sulfonamides is 1. The van der Waals surface area contributed by atoms with E-state index >= 15 is 0 Å². The Morgan fingerprint density at radius 1 is 1.13 bits per heavy atom. The molecule has 0 unspecified atom stereocenters. The van der Waals surface area contributed by atoms with Crippen molar-refractivity contribution < 1.29 is 35.9 Å². The normalized spacial score (nSPS) is 13.9. The summed E-state index contributed by atoms with van der Waals surface area (Å²) >= 11 is 5.56. The summed E-state index contributed by atoms with van der Waals surface area (Å²) in [5.41, 5.74) is -0.916. The highest BCUT2D eigenvalue weighted by Crippen LogP contribution is 2.36. The second-order valence-electron chi connectivity index (χ2n) is 6.48. The van der Waals surface area contributed by atoms with E-state index in [1.807, 2.05) is 0 Å². The van der Waals surface area contributed by atoms with Crippen molar-refractivity contribution in [3.63, 3.8) is 0 Å². The van der Waals surface area contributed by atoms with E-state index in [2.05, 4.69) is 5.32 Å². The molecular weight excluding hydrogens is 461 g/mol. The van der Waals surface area contributed by atoms with Gasteiger partial charge in [0.1, 0.15) is 13.2 Å². The number of anilines is 1. The molecule has 7 nitrogen and oxygen atoms in total. The molecule has 0 spiro atoms. The van der Waals surface area contributed by atoms with E-state index in [1.54, 1.807) is 12.1 Å². The molecule has 168 valence electrons. The van der Waals surface area contributed by atoms with Crippen LogP contribution in [0.25, 0.3) is 0 Å². The molecular formula is C19H18ClF3N2O5S. The average molecular weight is 479 g/mol. The number of nitrogens with zero attached hydrogens (tertiary/aromatic N) is 1. The first-order valence-electron chi connectivity index (χ1n) is 9.08. The van der Waals surface area contributed by atoms with Gasteiger partial charge in [-0.05, 0) is 30.3 Å². The Kier molecular flexibility index (Phi) is 6.68. The van der Waals surface area contributed by atoms with E-state index in [4.69, 9.17) is 21.1 Å². The van der Waals surface area contributed by atoms with Crippen LogP contribution >= 0.6 is 11.6 Å². The van der Waals surface area contributed by atoms with Crippen molar-refractivity contribution in [3.05, 3.63) is 47.0 Å². The summed E-state index contributed by atoms with van der Waals surface area (Å²) in [5, 5.41) is 1.92. The van der Waals surface area contributed by atoms with Crippen LogP contribution in [0.1, 0.15) is 12.5 Å². The van der Waals surface area contributed by atoms with Gasteiger partial charge in [0.2, 0.25) is 15.9 Å². The van der Waals surface area contributed by atoms with E-state index in [9.17, 15) is 26.4 Å². The van der Waals surface area contributed by atoms with Crippen LogP contribution in [-0.2, 0) is 21.0 Å². The van der Waals surface area contributed by atoms with Crippen LogP contribution in [0.5, 0.6) is 11.5 Å². The molecule has 31 heavy (non-hydrogen) atoms. The molecule has 12 heteroatoms. The number of benzene rings is 2. The molecule has 1 N–H and O–H groups in total. The molecule has 2 aromatic carbocycles. The third-order valence-electron chi connectivity index (χ3n) is 4.38. The van der Waals surface area contributed by atoms with E-state index in [1.165, 1.54) is 13.0 Å². The maximum atomic E-state index is 13.1. The number of nitrogens with one attached hydrogen (secondary N) is 1. The second kappa shape index (κ2) is 8.93. The molecule has 1 aliphatic rings. The summed E-state index contributed by atoms with van der Waals surface area (Å²) in [7, 11) is -4.38. The highest BCUT2D eigenvalue weighted by Gasteiger charge is 2.35. The molecule has 0 bridgehead atoms. The summed E-state index contributed by atoms with van der Waals surface area (Å²) in [6, 6.07) is 6.98. The van der Waals surface area contributed by atoms with E-state index < -0.39 is 44.1 Å². The van der Waals surface area contributed by atoms with Crippen molar-refractivity contribution in [1.29, 1.82) is 0 Å². The monoisotopic (exact) mass is 478 g/mol. The summed E-state index contributed by atoms with van der Waals surface area (Å²) < 4.78 is 76.5. The topological polar surface area (TPSA) is 84.9 Å². The summed E-state index contributed by atoms with van der Waals surface area (Å²) in [6.45, 7) is 1.49. The van der Waals surface area contributed by atoms with Crippen LogP contribution in [0.3, 0.4) is 0 Å². The van der Waals surface area contributed by atoms with Crippen molar-refractivity contribution in [3.8, 4) is 11.5 Å². The minimum atomic E-state index is -4.82. The van der Waals surface area contributed by atoms with Crippen LogP contribution in [0, 0.1) is 0 Å². The van der Waals surface area contributed by atoms with Gasteiger partial charge in [-0.2, -0.15) is 17.5 Å². The molecule has 0 saturated carbocycles. The Morgan fingerprint density at radius 3 is 2.45 bits per heavy atom. The first kappa shape index (κ1) is 23.2.